The number of nitrogens with one attached hydrogen (secondary N) is 1. The summed E-state index contributed by atoms with van der Waals surface area (Å²) in [6.07, 6.45) is 0. The topological polar surface area (TPSA) is 69.7 Å². The minimum Gasteiger partial charge on any atom is -0.346 e. The maximum Gasteiger partial charge on any atom is 0.312 e. The third-order valence-corrected chi connectivity index (χ3v) is 5.79. The molecule has 2 aromatic rings. The van der Waals surface area contributed by atoms with Crippen molar-refractivity contribution in [2.75, 3.05) is 13.1 Å². The summed E-state index contributed by atoms with van der Waals surface area (Å²) in [6, 6.07) is 13.3. The summed E-state index contributed by atoms with van der Waals surface area (Å²) in [5.74, 6) is -1.06. The van der Waals surface area contributed by atoms with E-state index in [-0.39, 0.29) is 18.0 Å². The van der Waals surface area contributed by atoms with E-state index in [2.05, 4.69) is 24.4 Å². The fourth-order valence-electron chi connectivity index (χ4n) is 3.98. The second-order valence-corrected chi connectivity index (χ2v) is 8.57. The Hall–Kier alpha value is -3.15. The zero-order chi connectivity index (χ0) is 22.7. The van der Waals surface area contributed by atoms with Gasteiger partial charge in [-0.2, -0.15) is 0 Å². The lowest BCUT2D eigenvalue weighted by Crippen LogP contribution is -2.55. The van der Waals surface area contributed by atoms with Gasteiger partial charge in [-0.05, 0) is 63.4 Å². The molecule has 164 valence electrons. The maximum absolute atomic E-state index is 12.7. The van der Waals surface area contributed by atoms with E-state index < -0.39 is 11.8 Å². The maximum atomic E-state index is 12.7. The summed E-state index contributed by atoms with van der Waals surface area (Å²) in [5.41, 5.74) is 4.89. The van der Waals surface area contributed by atoms with Gasteiger partial charge in [-0.3, -0.25) is 14.4 Å². The number of nitrogens with zero attached hydrogens (tertiary/aromatic N) is 2. The van der Waals surface area contributed by atoms with E-state index in [9.17, 15) is 14.4 Å². The lowest BCUT2D eigenvalue weighted by Gasteiger charge is -2.36. The van der Waals surface area contributed by atoms with Crippen LogP contribution in [0.5, 0.6) is 0 Å². The Labute approximate surface area is 184 Å². The van der Waals surface area contributed by atoms with Crippen molar-refractivity contribution in [2.24, 2.45) is 0 Å². The fraction of sp³-hybridized carbons (Fsp3) is 0.400. The number of rotatable bonds is 6. The predicted octanol–water partition coefficient (Wildman–Crippen LogP) is 3.37. The summed E-state index contributed by atoms with van der Waals surface area (Å²) in [4.78, 5) is 40.5. The van der Waals surface area contributed by atoms with Crippen LogP contribution in [0.1, 0.15) is 59.4 Å². The molecule has 0 unspecified atom stereocenters. The summed E-state index contributed by atoms with van der Waals surface area (Å²) < 4.78 is 0. The first-order valence-electron chi connectivity index (χ1n) is 10.7. The molecular formula is C25H31N3O3. The Morgan fingerprint density at radius 3 is 2.26 bits per heavy atom. The van der Waals surface area contributed by atoms with Gasteiger partial charge in [0, 0.05) is 31.2 Å². The van der Waals surface area contributed by atoms with Crippen molar-refractivity contribution in [1.29, 1.82) is 0 Å². The van der Waals surface area contributed by atoms with Gasteiger partial charge in [-0.15, -0.1) is 0 Å². The van der Waals surface area contributed by atoms with Crippen molar-refractivity contribution in [3.05, 3.63) is 70.3 Å². The number of carbonyl (C=O) groups excluding carboxylic acids is 3. The molecule has 0 aliphatic carbocycles. The first kappa shape index (κ1) is 22.5. The highest BCUT2D eigenvalue weighted by Crippen LogP contribution is 2.19. The number of hydrogen-bond donors (Lipinski definition) is 1. The van der Waals surface area contributed by atoms with Crippen molar-refractivity contribution in [2.45, 2.75) is 53.2 Å². The first-order chi connectivity index (χ1) is 14.7. The van der Waals surface area contributed by atoms with Crippen LogP contribution in [0.3, 0.4) is 0 Å². The molecule has 2 aromatic carbocycles. The Morgan fingerprint density at radius 1 is 0.968 bits per heavy atom. The van der Waals surface area contributed by atoms with Crippen molar-refractivity contribution >= 4 is 17.7 Å². The molecule has 0 spiro atoms. The third-order valence-electron chi connectivity index (χ3n) is 5.79. The summed E-state index contributed by atoms with van der Waals surface area (Å²) in [7, 11) is 0. The molecule has 0 aromatic heterocycles. The molecule has 1 atom stereocenters. The standard InChI is InChI=1S/C25H31N3O3/c1-16(2)28-13-12-27(24(30)25(28)31)15-20-7-9-21(10-8-20)23(29)26-19(5)22-11-6-17(3)14-18(22)4/h6-11,14,16,19H,12-13,15H2,1-5H3,(H,26,29)/t19-/m0/s1. The van der Waals surface area contributed by atoms with Crippen LogP contribution in [-0.2, 0) is 16.1 Å². The summed E-state index contributed by atoms with van der Waals surface area (Å²) in [6.45, 7) is 11.3. The van der Waals surface area contributed by atoms with E-state index in [1.165, 1.54) is 5.56 Å². The van der Waals surface area contributed by atoms with Gasteiger partial charge in [0.1, 0.15) is 0 Å². The number of aryl methyl sites for hydroxylation is 2. The Bertz CT molecular complexity index is 982. The van der Waals surface area contributed by atoms with Gasteiger partial charge in [-0.1, -0.05) is 35.9 Å². The smallest absolute Gasteiger partial charge is 0.312 e. The van der Waals surface area contributed by atoms with Gasteiger partial charge in [0.15, 0.2) is 0 Å². The Morgan fingerprint density at radius 2 is 1.65 bits per heavy atom. The minimum absolute atomic E-state index is 0.0162. The van der Waals surface area contributed by atoms with Crippen molar-refractivity contribution in [3.8, 4) is 0 Å². The molecule has 6 nitrogen and oxygen atoms in total. The van der Waals surface area contributed by atoms with Gasteiger partial charge in [0.25, 0.3) is 5.91 Å². The molecule has 1 aliphatic rings. The first-order valence-corrected chi connectivity index (χ1v) is 10.7. The second-order valence-electron chi connectivity index (χ2n) is 8.57. The van der Waals surface area contributed by atoms with Gasteiger partial charge in [0.2, 0.25) is 0 Å². The molecule has 1 saturated heterocycles. The Balaban J connectivity index is 1.61. The van der Waals surface area contributed by atoms with Crippen molar-refractivity contribution in [1.82, 2.24) is 15.1 Å². The minimum atomic E-state index is -0.468. The van der Waals surface area contributed by atoms with Gasteiger partial charge in [0.05, 0.1) is 6.04 Å². The normalized spacial score (nSPS) is 15.4. The fourth-order valence-corrected chi connectivity index (χ4v) is 3.98. The second kappa shape index (κ2) is 9.33. The molecule has 3 rings (SSSR count). The predicted molar refractivity (Wildman–Crippen MR) is 121 cm³/mol. The zero-order valence-electron chi connectivity index (χ0n) is 18.9. The average Bonchev–Trinajstić information content (AvgIpc) is 2.71. The molecule has 3 amide bonds. The number of carbonyl (C=O) groups is 3. The highest BCUT2D eigenvalue weighted by molar-refractivity contribution is 6.35. The molecule has 1 aliphatic heterocycles. The SMILES string of the molecule is Cc1ccc([C@H](C)NC(=O)c2ccc(CN3CCN(C(C)C)C(=O)C3=O)cc2)c(C)c1. The lowest BCUT2D eigenvalue weighted by molar-refractivity contribution is -0.157. The largest absolute Gasteiger partial charge is 0.346 e. The van der Waals surface area contributed by atoms with E-state index in [1.807, 2.05) is 45.9 Å². The highest BCUT2D eigenvalue weighted by atomic mass is 16.2. The van der Waals surface area contributed by atoms with E-state index in [4.69, 9.17) is 0 Å². The highest BCUT2D eigenvalue weighted by Gasteiger charge is 2.33. The van der Waals surface area contributed by atoms with E-state index >= 15 is 0 Å². The van der Waals surface area contributed by atoms with Crippen LogP contribution in [0, 0.1) is 13.8 Å². The van der Waals surface area contributed by atoms with Crippen LogP contribution in [0.2, 0.25) is 0 Å². The van der Waals surface area contributed by atoms with Crippen LogP contribution >= 0.6 is 0 Å². The monoisotopic (exact) mass is 421 g/mol. The van der Waals surface area contributed by atoms with Crippen LogP contribution in [0.4, 0.5) is 0 Å². The summed E-state index contributed by atoms with van der Waals surface area (Å²) >= 11 is 0. The number of piperazine rings is 1. The van der Waals surface area contributed by atoms with E-state index in [0.717, 1.165) is 16.7 Å². The quantitative estimate of drug-likeness (QED) is 0.727. The lowest BCUT2D eigenvalue weighted by atomic mass is 10.00. The van der Waals surface area contributed by atoms with Crippen LogP contribution in [-0.4, -0.2) is 46.7 Å². The molecular weight excluding hydrogens is 390 g/mol. The van der Waals surface area contributed by atoms with Gasteiger partial charge < -0.3 is 15.1 Å². The van der Waals surface area contributed by atoms with E-state index in [0.29, 0.717) is 25.2 Å². The van der Waals surface area contributed by atoms with E-state index in [1.54, 1.807) is 21.9 Å². The molecule has 0 saturated carbocycles. The molecule has 0 radical (unpaired) electrons. The molecule has 6 heteroatoms. The van der Waals surface area contributed by atoms with Crippen LogP contribution in [0.15, 0.2) is 42.5 Å². The Kier molecular flexibility index (Phi) is 6.78. The van der Waals surface area contributed by atoms with Gasteiger partial charge in [-0.25, -0.2) is 0 Å². The zero-order valence-corrected chi connectivity index (χ0v) is 18.9. The number of benzene rings is 2. The number of amides is 3. The molecule has 1 fully saturated rings. The molecule has 1 N–H and O–H groups in total. The molecule has 31 heavy (non-hydrogen) atoms. The molecule has 0 bridgehead atoms. The average molecular weight is 422 g/mol. The van der Waals surface area contributed by atoms with Crippen molar-refractivity contribution in [3.63, 3.8) is 0 Å². The van der Waals surface area contributed by atoms with Crippen molar-refractivity contribution < 1.29 is 14.4 Å². The van der Waals surface area contributed by atoms with Crippen LogP contribution < -0.4 is 5.32 Å². The third kappa shape index (κ3) is 5.13. The molecule has 1 heterocycles. The van der Waals surface area contributed by atoms with Crippen LogP contribution in [0.25, 0.3) is 0 Å². The number of hydrogen-bond acceptors (Lipinski definition) is 3. The summed E-state index contributed by atoms with van der Waals surface area (Å²) in [5, 5.41) is 3.05. The van der Waals surface area contributed by atoms with Gasteiger partial charge >= 0.3 is 11.8 Å².